The Labute approximate surface area is 289 Å². The number of ether oxygens (including phenoxy) is 2. The first-order valence-corrected chi connectivity index (χ1v) is 17.6. The summed E-state index contributed by atoms with van der Waals surface area (Å²) in [5, 5.41) is 0. The highest BCUT2D eigenvalue weighted by molar-refractivity contribution is 7.34. The van der Waals surface area contributed by atoms with Gasteiger partial charge in [-0.2, -0.15) is 0 Å². The fraction of sp³-hybridized carbons (Fsp3) is 0.128. The van der Waals surface area contributed by atoms with Crippen molar-refractivity contribution < 1.29 is 36.7 Å². The van der Waals surface area contributed by atoms with E-state index in [1.807, 2.05) is 97.1 Å². The molecule has 0 bridgehead atoms. The molecule has 0 saturated heterocycles. The van der Waals surface area contributed by atoms with Gasteiger partial charge in [0.15, 0.2) is 23.0 Å². The predicted octanol–water partition coefficient (Wildman–Crippen LogP) is 10.9. The van der Waals surface area contributed by atoms with Gasteiger partial charge in [-0.25, -0.2) is 18.1 Å². The third-order valence-corrected chi connectivity index (χ3v) is 8.15. The van der Waals surface area contributed by atoms with Crippen molar-refractivity contribution in [1.29, 1.82) is 0 Å². The number of rotatable bonds is 12. The zero-order chi connectivity index (χ0) is 34.5. The fourth-order valence-electron chi connectivity index (χ4n) is 4.36. The minimum absolute atomic E-state index is 0.190. The average Bonchev–Trinajstić information content (AvgIpc) is 3.14. The Morgan fingerprint density at radius 1 is 0.510 bits per heavy atom. The summed E-state index contributed by atoms with van der Waals surface area (Å²) < 4.78 is 55.5. The summed E-state index contributed by atoms with van der Waals surface area (Å²) in [6.45, 7) is 0. The molecule has 5 aromatic rings. The normalized spacial score (nSPS) is 13.4. The Bertz CT molecular complexity index is 1710. The van der Waals surface area contributed by atoms with Crippen LogP contribution in [0.5, 0.6) is 28.7 Å². The standard InChI is InChI=1S/C25H22O6P2.2C7H8O/c26-32(28-22-9-3-1-4-10-22)30-24-16-14-20(15-17-24)18-21-8-7-13-25(19-21)31-33(27)29-23-11-5-2-6-12-23;2*1-8-7-5-3-2-4-6-7/h1-7,9-17,19,21H,8,18H2;2*2-6H,1H3/q+2;;. The SMILES string of the molecule is COc1ccccc1.COc1ccccc1.O=[P+](OC1=CC(Cc2ccc(O[P+](=O)Oc3ccccc3)cc2)CC=C1)Oc1ccccc1. The molecule has 0 aliphatic heterocycles. The van der Waals surface area contributed by atoms with Crippen LogP contribution in [0.1, 0.15) is 12.0 Å². The number of hydrogen-bond acceptors (Lipinski definition) is 8. The Balaban J connectivity index is 0.000000275. The van der Waals surface area contributed by atoms with Crippen molar-refractivity contribution >= 4 is 16.5 Å². The van der Waals surface area contributed by atoms with E-state index in [0.29, 0.717) is 23.0 Å². The Morgan fingerprint density at radius 3 is 1.31 bits per heavy atom. The topological polar surface area (TPSA) is 89.5 Å². The van der Waals surface area contributed by atoms with E-state index in [4.69, 9.17) is 27.6 Å². The van der Waals surface area contributed by atoms with Crippen LogP contribution in [0.25, 0.3) is 0 Å². The molecule has 0 fully saturated rings. The monoisotopic (exact) mass is 696 g/mol. The molecular weight excluding hydrogens is 658 g/mol. The summed E-state index contributed by atoms with van der Waals surface area (Å²) in [5.41, 5.74) is 1.09. The van der Waals surface area contributed by atoms with Crippen LogP contribution in [0, 0.1) is 5.92 Å². The van der Waals surface area contributed by atoms with Crippen molar-refractivity contribution in [3.05, 3.63) is 175 Å². The zero-order valence-electron chi connectivity index (χ0n) is 27.2. The zero-order valence-corrected chi connectivity index (χ0v) is 29.0. The highest BCUT2D eigenvalue weighted by Crippen LogP contribution is 2.34. The van der Waals surface area contributed by atoms with Gasteiger partial charge in [-0.05, 0) is 97.1 Å². The number of para-hydroxylation sites is 4. The molecule has 0 N–H and O–H groups in total. The van der Waals surface area contributed by atoms with Crippen LogP contribution in [0.4, 0.5) is 0 Å². The lowest BCUT2D eigenvalue weighted by Gasteiger charge is -2.14. The molecule has 250 valence electrons. The van der Waals surface area contributed by atoms with Gasteiger partial charge in [0.2, 0.25) is 0 Å². The summed E-state index contributed by atoms with van der Waals surface area (Å²) in [6.07, 6.45) is 7.36. The molecule has 0 saturated carbocycles. The molecule has 3 unspecified atom stereocenters. The second kappa shape index (κ2) is 20.7. The summed E-state index contributed by atoms with van der Waals surface area (Å²) in [4.78, 5) is 0. The van der Waals surface area contributed by atoms with E-state index in [0.717, 1.165) is 29.9 Å². The van der Waals surface area contributed by atoms with Crippen LogP contribution in [0.2, 0.25) is 0 Å². The maximum atomic E-state index is 12.2. The molecule has 0 amide bonds. The molecule has 1 aliphatic rings. The Hall–Kier alpha value is -5.42. The first-order chi connectivity index (χ1) is 24.0. The summed E-state index contributed by atoms with van der Waals surface area (Å²) in [6, 6.07) is 44.5. The molecular formula is C39H38O8P2+2. The molecule has 0 spiro atoms. The third-order valence-electron chi connectivity index (χ3n) is 6.71. The second-order valence-corrected chi connectivity index (χ2v) is 11.9. The van der Waals surface area contributed by atoms with Crippen molar-refractivity contribution in [3.63, 3.8) is 0 Å². The van der Waals surface area contributed by atoms with Gasteiger partial charge in [0.05, 0.1) is 14.2 Å². The van der Waals surface area contributed by atoms with Gasteiger partial charge in [-0.3, -0.25) is 0 Å². The maximum absolute atomic E-state index is 12.2. The van der Waals surface area contributed by atoms with Gasteiger partial charge in [0.1, 0.15) is 11.5 Å². The minimum atomic E-state index is -2.32. The molecule has 3 atom stereocenters. The molecule has 0 radical (unpaired) electrons. The van der Waals surface area contributed by atoms with E-state index in [2.05, 4.69) is 0 Å². The number of hydrogen-bond donors (Lipinski definition) is 0. The van der Waals surface area contributed by atoms with Crippen molar-refractivity contribution in [2.45, 2.75) is 12.8 Å². The van der Waals surface area contributed by atoms with Crippen LogP contribution in [0.3, 0.4) is 0 Å². The first kappa shape index (κ1) is 36.4. The fourth-order valence-corrected chi connectivity index (χ4v) is 5.61. The van der Waals surface area contributed by atoms with Crippen molar-refractivity contribution in [2.24, 2.45) is 5.92 Å². The van der Waals surface area contributed by atoms with Gasteiger partial charge in [0.25, 0.3) is 0 Å². The molecule has 1 aliphatic carbocycles. The van der Waals surface area contributed by atoms with Crippen molar-refractivity contribution in [2.75, 3.05) is 14.2 Å². The maximum Gasteiger partial charge on any atom is 0.805 e. The number of benzene rings is 5. The van der Waals surface area contributed by atoms with Gasteiger partial charge in [0, 0.05) is 9.13 Å². The van der Waals surface area contributed by atoms with Gasteiger partial charge < -0.3 is 9.47 Å². The molecule has 49 heavy (non-hydrogen) atoms. The molecule has 6 rings (SSSR count). The smallest absolute Gasteiger partial charge is 0.497 e. The van der Waals surface area contributed by atoms with Gasteiger partial charge >= 0.3 is 16.5 Å². The van der Waals surface area contributed by atoms with E-state index in [1.165, 1.54) is 0 Å². The quantitative estimate of drug-likeness (QED) is 0.119. The van der Waals surface area contributed by atoms with E-state index in [9.17, 15) is 9.13 Å². The van der Waals surface area contributed by atoms with Crippen LogP contribution in [0.15, 0.2) is 170 Å². The molecule has 0 heterocycles. The lowest BCUT2D eigenvalue weighted by Crippen LogP contribution is -2.05. The van der Waals surface area contributed by atoms with Crippen molar-refractivity contribution in [1.82, 2.24) is 0 Å². The second-order valence-electron chi connectivity index (χ2n) is 10.3. The minimum Gasteiger partial charge on any atom is -0.497 e. The lowest BCUT2D eigenvalue weighted by molar-refractivity contribution is 0.360. The third kappa shape index (κ3) is 14.1. The molecule has 10 heteroatoms. The first-order valence-electron chi connectivity index (χ1n) is 15.4. The highest BCUT2D eigenvalue weighted by Gasteiger charge is 2.27. The average molecular weight is 697 g/mol. The molecule has 5 aromatic carbocycles. The molecule has 8 nitrogen and oxygen atoms in total. The van der Waals surface area contributed by atoms with Crippen LogP contribution in [-0.4, -0.2) is 14.2 Å². The van der Waals surface area contributed by atoms with Crippen LogP contribution >= 0.6 is 16.5 Å². The van der Waals surface area contributed by atoms with Gasteiger partial charge in [-0.15, -0.1) is 0 Å². The number of methoxy groups -OCH3 is 2. The van der Waals surface area contributed by atoms with E-state index in [-0.39, 0.29) is 5.92 Å². The van der Waals surface area contributed by atoms with Crippen LogP contribution < -0.4 is 23.0 Å². The van der Waals surface area contributed by atoms with E-state index >= 15 is 0 Å². The predicted molar refractivity (Wildman–Crippen MR) is 193 cm³/mol. The van der Waals surface area contributed by atoms with E-state index < -0.39 is 16.5 Å². The molecule has 0 aromatic heterocycles. The van der Waals surface area contributed by atoms with Gasteiger partial charge in [-0.1, -0.05) is 91.0 Å². The largest absolute Gasteiger partial charge is 0.805 e. The lowest BCUT2D eigenvalue weighted by atomic mass is 9.93. The summed E-state index contributed by atoms with van der Waals surface area (Å²) >= 11 is 0. The number of allylic oxidation sites excluding steroid dienone is 3. The van der Waals surface area contributed by atoms with E-state index in [1.54, 1.807) is 81.0 Å². The highest BCUT2D eigenvalue weighted by atomic mass is 31.1. The van der Waals surface area contributed by atoms with Crippen LogP contribution in [-0.2, 0) is 20.1 Å². The summed E-state index contributed by atoms with van der Waals surface area (Å²) in [7, 11) is -1.31. The summed E-state index contributed by atoms with van der Waals surface area (Å²) in [5.74, 6) is 3.98. The Kier molecular flexibility index (Phi) is 15.4. The Morgan fingerprint density at radius 2 is 0.898 bits per heavy atom. The van der Waals surface area contributed by atoms with Crippen molar-refractivity contribution in [3.8, 4) is 28.7 Å².